The van der Waals surface area contributed by atoms with Crippen molar-refractivity contribution in [3.8, 4) is 11.6 Å². The fourth-order valence-electron chi connectivity index (χ4n) is 1.52. The molecular weight excluding hydrogens is 240 g/mol. The van der Waals surface area contributed by atoms with Crippen LogP contribution in [0.5, 0.6) is 11.6 Å². The molecule has 0 aliphatic heterocycles. The van der Waals surface area contributed by atoms with Crippen molar-refractivity contribution in [1.82, 2.24) is 20.5 Å². The molecular formula is C14H18N4O. The summed E-state index contributed by atoms with van der Waals surface area (Å²) in [4.78, 5) is 4.16. The number of hydrogen-bond donors (Lipinski definition) is 1. The molecule has 0 aliphatic rings. The van der Waals surface area contributed by atoms with Gasteiger partial charge >= 0.3 is 0 Å². The van der Waals surface area contributed by atoms with Crippen LogP contribution < -0.4 is 10.1 Å². The molecule has 0 aliphatic carbocycles. The van der Waals surface area contributed by atoms with E-state index in [-0.39, 0.29) is 0 Å². The number of nitrogens with zero attached hydrogens (tertiary/aromatic N) is 3. The second kappa shape index (κ2) is 6.80. The predicted octanol–water partition coefficient (Wildman–Crippen LogP) is 2.47. The Morgan fingerprint density at radius 1 is 1.16 bits per heavy atom. The van der Waals surface area contributed by atoms with Gasteiger partial charge in [-0.2, -0.15) is 5.10 Å². The molecule has 100 valence electrons. The minimum absolute atomic E-state index is 0.477. The summed E-state index contributed by atoms with van der Waals surface area (Å²) in [7, 11) is 0. The third-order valence-corrected chi connectivity index (χ3v) is 2.53. The van der Waals surface area contributed by atoms with Crippen LogP contribution in [0.3, 0.4) is 0 Å². The lowest BCUT2D eigenvalue weighted by Crippen LogP contribution is -2.15. The van der Waals surface area contributed by atoms with Crippen molar-refractivity contribution < 1.29 is 4.74 Å². The maximum Gasteiger partial charge on any atom is 0.238 e. The average molecular weight is 258 g/mol. The Kier molecular flexibility index (Phi) is 4.80. The number of nitrogens with one attached hydrogen (secondary N) is 1. The first-order valence-corrected chi connectivity index (χ1v) is 6.42. The maximum atomic E-state index is 5.56. The summed E-state index contributed by atoms with van der Waals surface area (Å²) in [5.41, 5.74) is 1.86. The highest BCUT2D eigenvalue weighted by Crippen LogP contribution is 2.17. The normalized spacial score (nSPS) is 10.4. The standard InChI is InChI=1S/C14H18N4O/c1-3-8-15-9-12-5-7-14(18-17-12)19-13-6-4-11(2)16-10-13/h4-7,10,15H,3,8-9H2,1-2H3. The maximum absolute atomic E-state index is 5.56. The molecule has 5 heteroatoms. The largest absolute Gasteiger partial charge is 0.436 e. The van der Waals surface area contributed by atoms with Crippen LogP contribution in [0.1, 0.15) is 24.7 Å². The molecule has 0 amide bonds. The molecule has 0 radical (unpaired) electrons. The van der Waals surface area contributed by atoms with E-state index in [1.54, 1.807) is 6.20 Å². The highest BCUT2D eigenvalue weighted by atomic mass is 16.5. The van der Waals surface area contributed by atoms with E-state index in [4.69, 9.17) is 4.74 Å². The topological polar surface area (TPSA) is 59.9 Å². The zero-order chi connectivity index (χ0) is 13.5. The van der Waals surface area contributed by atoms with Crippen LogP contribution in [0.25, 0.3) is 0 Å². The summed E-state index contributed by atoms with van der Waals surface area (Å²) in [6, 6.07) is 7.48. The molecule has 0 atom stereocenters. The quantitative estimate of drug-likeness (QED) is 0.806. The van der Waals surface area contributed by atoms with Crippen LogP contribution in [0.4, 0.5) is 0 Å². The van der Waals surface area contributed by atoms with Gasteiger partial charge in [-0.05, 0) is 38.1 Å². The molecule has 0 saturated heterocycles. The van der Waals surface area contributed by atoms with Gasteiger partial charge in [0.25, 0.3) is 0 Å². The predicted molar refractivity (Wildman–Crippen MR) is 73.1 cm³/mol. The Balaban J connectivity index is 1.92. The van der Waals surface area contributed by atoms with E-state index in [0.717, 1.165) is 30.9 Å². The molecule has 2 heterocycles. The third-order valence-electron chi connectivity index (χ3n) is 2.53. The van der Waals surface area contributed by atoms with Gasteiger partial charge in [0.15, 0.2) is 0 Å². The summed E-state index contributed by atoms with van der Waals surface area (Å²) < 4.78 is 5.56. The summed E-state index contributed by atoms with van der Waals surface area (Å²) in [5.74, 6) is 1.14. The molecule has 0 fully saturated rings. The Bertz CT molecular complexity index is 496. The van der Waals surface area contributed by atoms with E-state index in [9.17, 15) is 0 Å². The fraction of sp³-hybridized carbons (Fsp3) is 0.357. The van der Waals surface area contributed by atoms with Crippen LogP contribution in [0.2, 0.25) is 0 Å². The van der Waals surface area contributed by atoms with Gasteiger partial charge in [-0.15, -0.1) is 5.10 Å². The van der Waals surface area contributed by atoms with Crippen molar-refractivity contribution in [2.75, 3.05) is 6.54 Å². The monoisotopic (exact) mass is 258 g/mol. The van der Waals surface area contributed by atoms with Crippen molar-refractivity contribution >= 4 is 0 Å². The molecule has 0 spiro atoms. The van der Waals surface area contributed by atoms with Crippen molar-refractivity contribution in [3.63, 3.8) is 0 Å². The summed E-state index contributed by atoms with van der Waals surface area (Å²) >= 11 is 0. The van der Waals surface area contributed by atoms with Gasteiger partial charge < -0.3 is 10.1 Å². The van der Waals surface area contributed by atoms with Gasteiger partial charge in [0.05, 0.1) is 11.9 Å². The second-order valence-electron chi connectivity index (χ2n) is 4.28. The van der Waals surface area contributed by atoms with Gasteiger partial charge in [0.1, 0.15) is 5.75 Å². The Labute approximate surface area is 113 Å². The molecule has 0 bridgehead atoms. The second-order valence-corrected chi connectivity index (χ2v) is 4.28. The Morgan fingerprint density at radius 3 is 2.68 bits per heavy atom. The Hall–Kier alpha value is -2.01. The lowest BCUT2D eigenvalue weighted by molar-refractivity contribution is 0.451. The van der Waals surface area contributed by atoms with Gasteiger partial charge in [0, 0.05) is 18.3 Å². The van der Waals surface area contributed by atoms with Crippen LogP contribution in [0.15, 0.2) is 30.5 Å². The third kappa shape index (κ3) is 4.30. The van der Waals surface area contributed by atoms with Crippen molar-refractivity contribution in [2.24, 2.45) is 0 Å². The summed E-state index contributed by atoms with van der Waals surface area (Å²) in [6.45, 7) is 5.77. The van der Waals surface area contributed by atoms with Crippen molar-refractivity contribution in [3.05, 3.63) is 41.9 Å². The van der Waals surface area contributed by atoms with Crippen molar-refractivity contribution in [2.45, 2.75) is 26.8 Å². The molecule has 0 aromatic carbocycles. The van der Waals surface area contributed by atoms with E-state index >= 15 is 0 Å². The number of ether oxygens (including phenoxy) is 1. The molecule has 1 N–H and O–H groups in total. The number of hydrogen-bond acceptors (Lipinski definition) is 5. The number of pyridine rings is 1. The average Bonchev–Trinajstić information content (AvgIpc) is 2.44. The molecule has 19 heavy (non-hydrogen) atoms. The van der Waals surface area contributed by atoms with Crippen LogP contribution in [0, 0.1) is 6.92 Å². The van der Waals surface area contributed by atoms with Crippen molar-refractivity contribution in [1.29, 1.82) is 0 Å². The minimum atomic E-state index is 0.477. The first-order valence-electron chi connectivity index (χ1n) is 6.42. The molecule has 0 unspecified atom stereocenters. The highest BCUT2D eigenvalue weighted by Gasteiger charge is 2.01. The Morgan fingerprint density at radius 2 is 2.05 bits per heavy atom. The number of aryl methyl sites for hydroxylation is 1. The lowest BCUT2D eigenvalue weighted by atomic mass is 10.3. The van der Waals surface area contributed by atoms with E-state index in [0.29, 0.717) is 11.6 Å². The zero-order valence-electron chi connectivity index (χ0n) is 11.3. The fourth-order valence-corrected chi connectivity index (χ4v) is 1.52. The van der Waals surface area contributed by atoms with Gasteiger partial charge in [-0.1, -0.05) is 6.92 Å². The SMILES string of the molecule is CCCNCc1ccc(Oc2ccc(C)nc2)nn1. The number of aromatic nitrogens is 3. The lowest BCUT2D eigenvalue weighted by Gasteiger charge is -2.05. The molecule has 5 nitrogen and oxygen atoms in total. The van der Waals surface area contributed by atoms with Gasteiger partial charge in [-0.25, -0.2) is 0 Å². The molecule has 2 aromatic rings. The van der Waals surface area contributed by atoms with E-state index < -0.39 is 0 Å². The minimum Gasteiger partial charge on any atom is -0.436 e. The van der Waals surface area contributed by atoms with E-state index in [1.807, 2.05) is 31.2 Å². The molecule has 2 rings (SSSR count). The van der Waals surface area contributed by atoms with Gasteiger partial charge in [0.2, 0.25) is 5.88 Å². The summed E-state index contributed by atoms with van der Waals surface area (Å²) in [6.07, 6.45) is 2.78. The van der Waals surface area contributed by atoms with E-state index in [2.05, 4.69) is 27.4 Å². The summed E-state index contributed by atoms with van der Waals surface area (Å²) in [5, 5.41) is 11.4. The highest BCUT2D eigenvalue weighted by molar-refractivity contribution is 5.24. The van der Waals surface area contributed by atoms with Crippen LogP contribution >= 0.6 is 0 Å². The van der Waals surface area contributed by atoms with E-state index in [1.165, 1.54) is 0 Å². The molecule has 2 aromatic heterocycles. The first-order chi connectivity index (χ1) is 9.28. The smallest absolute Gasteiger partial charge is 0.238 e. The van der Waals surface area contributed by atoms with Gasteiger partial charge in [-0.3, -0.25) is 4.98 Å². The van der Waals surface area contributed by atoms with Crippen LogP contribution in [-0.4, -0.2) is 21.7 Å². The van der Waals surface area contributed by atoms with Crippen LogP contribution in [-0.2, 0) is 6.54 Å². The zero-order valence-corrected chi connectivity index (χ0v) is 11.3. The number of rotatable bonds is 6. The molecule has 0 saturated carbocycles. The first kappa shape index (κ1) is 13.4.